The van der Waals surface area contributed by atoms with Gasteiger partial charge in [-0.3, -0.25) is 4.90 Å². The number of benzene rings is 1. The van der Waals surface area contributed by atoms with Crippen LogP contribution in [0, 0.1) is 6.92 Å². The van der Waals surface area contributed by atoms with E-state index in [1.54, 1.807) is 0 Å². The lowest BCUT2D eigenvalue weighted by Crippen LogP contribution is -2.53. The largest absolute Gasteiger partial charge is 0.382 e. The van der Waals surface area contributed by atoms with Crippen molar-refractivity contribution in [2.75, 3.05) is 36.8 Å². The highest BCUT2D eigenvalue weighted by atomic mass is 15.3. The van der Waals surface area contributed by atoms with Gasteiger partial charge in [-0.25, -0.2) is 9.97 Å². The lowest BCUT2D eigenvalue weighted by atomic mass is 10.0. The summed E-state index contributed by atoms with van der Waals surface area (Å²) < 4.78 is 0. The standard InChI is InChI=1S/C19H26N6/c1-12-21-16-14-11-13(5-6-15(14)23-18(20)17(16)22-12)24-7-9-25(10-8-24)19(2,3)4/h5-6,11H,7-10H2,1-4H3,(H2,20,23)(H,21,22). The average molecular weight is 338 g/mol. The Morgan fingerprint density at radius 1 is 1.08 bits per heavy atom. The first kappa shape index (κ1) is 16.1. The van der Waals surface area contributed by atoms with Gasteiger partial charge in [-0.05, 0) is 45.9 Å². The summed E-state index contributed by atoms with van der Waals surface area (Å²) >= 11 is 0. The summed E-state index contributed by atoms with van der Waals surface area (Å²) in [6, 6.07) is 6.41. The Morgan fingerprint density at radius 3 is 2.48 bits per heavy atom. The molecule has 1 aliphatic rings. The Hall–Kier alpha value is -2.34. The van der Waals surface area contributed by atoms with Gasteiger partial charge >= 0.3 is 0 Å². The second-order valence-electron chi connectivity index (χ2n) is 7.89. The van der Waals surface area contributed by atoms with Crippen molar-refractivity contribution in [3.05, 3.63) is 24.0 Å². The van der Waals surface area contributed by atoms with Crippen molar-refractivity contribution in [3.63, 3.8) is 0 Å². The molecule has 4 rings (SSSR count). The molecule has 0 atom stereocenters. The van der Waals surface area contributed by atoms with E-state index in [1.165, 1.54) is 5.69 Å². The number of anilines is 2. The minimum atomic E-state index is 0.232. The first-order chi connectivity index (χ1) is 11.8. The Balaban J connectivity index is 1.70. The molecule has 0 spiro atoms. The maximum absolute atomic E-state index is 6.07. The third kappa shape index (κ3) is 2.80. The molecular formula is C19H26N6. The van der Waals surface area contributed by atoms with Crippen LogP contribution in [0.3, 0.4) is 0 Å². The molecule has 1 fully saturated rings. The van der Waals surface area contributed by atoms with E-state index >= 15 is 0 Å². The van der Waals surface area contributed by atoms with Crippen LogP contribution in [0.2, 0.25) is 0 Å². The molecule has 1 aromatic carbocycles. The quantitative estimate of drug-likeness (QED) is 0.714. The maximum Gasteiger partial charge on any atom is 0.150 e. The number of nitrogens with zero attached hydrogens (tertiary/aromatic N) is 4. The van der Waals surface area contributed by atoms with E-state index < -0.39 is 0 Å². The van der Waals surface area contributed by atoms with E-state index in [-0.39, 0.29) is 5.54 Å². The van der Waals surface area contributed by atoms with Crippen LogP contribution in [-0.4, -0.2) is 51.6 Å². The molecule has 0 saturated carbocycles. The van der Waals surface area contributed by atoms with E-state index in [9.17, 15) is 0 Å². The minimum Gasteiger partial charge on any atom is -0.382 e. The SMILES string of the molecule is Cc1nc2c([nH]1)c(N)nc1ccc(N3CCN(C(C)(C)C)CC3)cc12. The number of aryl methyl sites for hydroxylation is 1. The highest BCUT2D eigenvalue weighted by Gasteiger charge is 2.26. The second kappa shape index (κ2) is 5.59. The number of aromatic amines is 1. The molecule has 1 aliphatic heterocycles. The molecule has 3 aromatic rings. The number of nitrogens with one attached hydrogen (secondary N) is 1. The van der Waals surface area contributed by atoms with Crippen molar-refractivity contribution in [2.24, 2.45) is 0 Å². The summed E-state index contributed by atoms with van der Waals surface area (Å²) in [7, 11) is 0. The molecule has 0 aliphatic carbocycles. The number of aromatic nitrogens is 3. The van der Waals surface area contributed by atoms with Crippen LogP contribution >= 0.6 is 0 Å². The van der Waals surface area contributed by atoms with Crippen LogP contribution < -0.4 is 10.6 Å². The summed E-state index contributed by atoms with van der Waals surface area (Å²) in [5.74, 6) is 1.37. The van der Waals surface area contributed by atoms with Crippen LogP contribution in [-0.2, 0) is 0 Å². The summed E-state index contributed by atoms with van der Waals surface area (Å²) in [5.41, 5.74) is 10.2. The molecule has 6 nitrogen and oxygen atoms in total. The van der Waals surface area contributed by atoms with E-state index in [1.807, 2.05) is 6.92 Å². The predicted molar refractivity (Wildman–Crippen MR) is 104 cm³/mol. The highest BCUT2D eigenvalue weighted by molar-refractivity contribution is 6.07. The van der Waals surface area contributed by atoms with Crippen molar-refractivity contribution < 1.29 is 0 Å². The number of H-pyrrole nitrogens is 1. The zero-order valence-corrected chi connectivity index (χ0v) is 15.4. The molecule has 6 heteroatoms. The lowest BCUT2D eigenvalue weighted by molar-refractivity contribution is 0.128. The van der Waals surface area contributed by atoms with Gasteiger partial charge in [0.15, 0.2) is 0 Å². The van der Waals surface area contributed by atoms with Crippen molar-refractivity contribution in [1.29, 1.82) is 0 Å². The fourth-order valence-electron chi connectivity index (χ4n) is 3.70. The molecule has 1 saturated heterocycles. The molecule has 2 aromatic heterocycles. The van der Waals surface area contributed by atoms with Gasteiger partial charge < -0.3 is 15.6 Å². The first-order valence-corrected chi connectivity index (χ1v) is 8.88. The van der Waals surface area contributed by atoms with Crippen LogP contribution in [0.15, 0.2) is 18.2 Å². The number of fused-ring (bicyclic) bond motifs is 3. The fraction of sp³-hybridized carbons (Fsp3) is 0.474. The molecule has 25 heavy (non-hydrogen) atoms. The second-order valence-corrected chi connectivity index (χ2v) is 7.89. The fourth-order valence-corrected chi connectivity index (χ4v) is 3.70. The van der Waals surface area contributed by atoms with Crippen LogP contribution in [0.1, 0.15) is 26.6 Å². The molecule has 3 N–H and O–H groups in total. The van der Waals surface area contributed by atoms with E-state index in [2.05, 4.69) is 63.7 Å². The van der Waals surface area contributed by atoms with Gasteiger partial charge in [0, 0.05) is 42.8 Å². The molecule has 0 amide bonds. The smallest absolute Gasteiger partial charge is 0.150 e. The Morgan fingerprint density at radius 2 is 1.80 bits per heavy atom. The molecular weight excluding hydrogens is 312 g/mol. The number of imidazole rings is 1. The summed E-state index contributed by atoms with van der Waals surface area (Å²) in [5, 5.41) is 1.06. The summed E-state index contributed by atoms with van der Waals surface area (Å²) in [6.07, 6.45) is 0. The predicted octanol–water partition coefficient (Wildman–Crippen LogP) is 2.92. The van der Waals surface area contributed by atoms with Gasteiger partial charge in [0.05, 0.1) is 5.52 Å². The van der Waals surface area contributed by atoms with E-state index in [0.29, 0.717) is 5.82 Å². The van der Waals surface area contributed by atoms with Crippen LogP contribution in [0.4, 0.5) is 11.5 Å². The summed E-state index contributed by atoms with van der Waals surface area (Å²) in [6.45, 7) is 13.0. The van der Waals surface area contributed by atoms with Crippen molar-refractivity contribution in [1.82, 2.24) is 19.9 Å². The Kier molecular flexibility index (Phi) is 3.61. The number of nitrogen functional groups attached to an aromatic ring is 1. The van der Waals surface area contributed by atoms with Gasteiger partial charge in [0.25, 0.3) is 0 Å². The molecule has 132 valence electrons. The van der Waals surface area contributed by atoms with E-state index in [4.69, 9.17) is 5.73 Å². The van der Waals surface area contributed by atoms with Gasteiger partial charge in [-0.15, -0.1) is 0 Å². The van der Waals surface area contributed by atoms with Gasteiger partial charge in [0.2, 0.25) is 0 Å². The zero-order chi connectivity index (χ0) is 17.8. The van der Waals surface area contributed by atoms with Crippen LogP contribution in [0.5, 0.6) is 0 Å². The third-order valence-corrected chi connectivity index (χ3v) is 5.15. The molecule has 0 radical (unpaired) electrons. The number of piperazine rings is 1. The van der Waals surface area contributed by atoms with Crippen molar-refractivity contribution >= 4 is 33.4 Å². The van der Waals surface area contributed by atoms with E-state index in [0.717, 1.165) is 53.9 Å². The lowest BCUT2D eigenvalue weighted by Gasteiger charge is -2.43. The molecule has 0 unspecified atom stereocenters. The van der Waals surface area contributed by atoms with Crippen molar-refractivity contribution in [2.45, 2.75) is 33.2 Å². The van der Waals surface area contributed by atoms with Gasteiger partial charge in [0.1, 0.15) is 22.7 Å². The monoisotopic (exact) mass is 338 g/mol. The number of hydrogen-bond donors (Lipinski definition) is 2. The summed E-state index contributed by atoms with van der Waals surface area (Å²) in [4.78, 5) is 17.4. The zero-order valence-electron chi connectivity index (χ0n) is 15.4. The maximum atomic E-state index is 6.07. The van der Waals surface area contributed by atoms with Gasteiger partial charge in [-0.2, -0.15) is 0 Å². The van der Waals surface area contributed by atoms with Crippen molar-refractivity contribution in [3.8, 4) is 0 Å². The number of pyridine rings is 1. The van der Waals surface area contributed by atoms with Crippen LogP contribution in [0.25, 0.3) is 21.9 Å². The number of hydrogen-bond acceptors (Lipinski definition) is 5. The third-order valence-electron chi connectivity index (χ3n) is 5.15. The first-order valence-electron chi connectivity index (χ1n) is 8.88. The molecule has 0 bridgehead atoms. The number of nitrogens with two attached hydrogens (primary N) is 1. The van der Waals surface area contributed by atoms with Gasteiger partial charge in [-0.1, -0.05) is 0 Å². The topological polar surface area (TPSA) is 74.1 Å². The normalized spacial score (nSPS) is 16.9. The Bertz CT molecular complexity index is 928. The average Bonchev–Trinajstić information content (AvgIpc) is 2.97. The Labute approximate surface area is 148 Å². The number of rotatable bonds is 1. The highest BCUT2D eigenvalue weighted by Crippen LogP contribution is 2.30. The molecule has 3 heterocycles. The minimum absolute atomic E-state index is 0.232.